The van der Waals surface area contributed by atoms with Gasteiger partial charge in [-0.3, -0.25) is 4.79 Å². The second-order valence-corrected chi connectivity index (χ2v) is 7.25. The summed E-state index contributed by atoms with van der Waals surface area (Å²) in [5.74, 6) is -0.0406. The zero-order chi connectivity index (χ0) is 15.2. The number of carbonyl (C=O) groups is 1. The van der Waals surface area contributed by atoms with Crippen molar-refractivity contribution in [3.05, 3.63) is 28.1 Å². The molecule has 1 aromatic heterocycles. The molecule has 1 aliphatic rings. The second kappa shape index (κ2) is 5.16. The topological polar surface area (TPSA) is 55.6 Å². The normalized spacial score (nSPS) is 18.1. The Hall–Kier alpha value is -1.30. The SMILES string of the molecule is CC1(C)CN(C(=O)c2sc3cccc(Cl)c3c2N)CCO1. The van der Waals surface area contributed by atoms with Crippen LogP contribution in [0.3, 0.4) is 0 Å². The third-order valence-corrected chi connectivity index (χ3v) is 5.08. The predicted molar refractivity (Wildman–Crippen MR) is 87.2 cm³/mol. The Morgan fingerprint density at radius 3 is 2.90 bits per heavy atom. The monoisotopic (exact) mass is 324 g/mol. The highest BCUT2D eigenvalue weighted by molar-refractivity contribution is 7.21. The van der Waals surface area contributed by atoms with Crippen molar-refractivity contribution < 1.29 is 9.53 Å². The van der Waals surface area contributed by atoms with E-state index in [2.05, 4.69) is 0 Å². The molecule has 3 rings (SSSR count). The van der Waals surface area contributed by atoms with Gasteiger partial charge in [0.15, 0.2) is 0 Å². The third-order valence-electron chi connectivity index (χ3n) is 3.61. The number of nitrogens with zero attached hydrogens (tertiary/aromatic N) is 1. The summed E-state index contributed by atoms with van der Waals surface area (Å²) in [4.78, 5) is 15.1. The number of amides is 1. The molecular formula is C15H17ClN2O2S. The van der Waals surface area contributed by atoms with E-state index in [-0.39, 0.29) is 11.5 Å². The molecule has 0 spiro atoms. The molecular weight excluding hydrogens is 308 g/mol. The van der Waals surface area contributed by atoms with Crippen molar-refractivity contribution in [3.63, 3.8) is 0 Å². The Labute approximate surface area is 132 Å². The van der Waals surface area contributed by atoms with Gasteiger partial charge >= 0.3 is 0 Å². The fraction of sp³-hybridized carbons (Fsp3) is 0.400. The molecule has 0 radical (unpaired) electrons. The molecule has 2 N–H and O–H groups in total. The molecule has 0 unspecified atom stereocenters. The van der Waals surface area contributed by atoms with Gasteiger partial charge in [0.2, 0.25) is 0 Å². The van der Waals surface area contributed by atoms with Gasteiger partial charge < -0.3 is 15.4 Å². The summed E-state index contributed by atoms with van der Waals surface area (Å²) in [6.07, 6.45) is 0. The lowest BCUT2D eigenvalue weighted by atomic mass is 10.1. The van der Waals surface area contributed by atoms with E-state index in [1.54, 1.807) is 11.0 Å². The number of fused-ring (bicyclic) bond motifs is 1. The Bertz CT molecular complexity index is 711. The van der Waals surface area contributed by atoms with E-state index < -0.39 is 0 Å². The largest absolute Gasteiger partial charge is 0.397 e. The highest BCUT2D eigenvalue weighted by atomic mass is 35.5. The zero-order valence-corrected chi connectivity index (χ0v) is 13.6. The molecule has 0 saturated carbocycles. The van der Waals surface area contributed by atoms with Crippen LogP contribution in [0.15, 0.2) is 18.2 Å². The van der Waals surface area contributed by atoms with Crippen LogP contribution in [0.2, 0.25) is 5.02 Å². The number of ether oxygens (including phenoxy) is 1. The van der Waals surface area contributed by atoms with Crippen molar-refractivity contribution in [1.29, 1.82) is 0 Å². The first-order chi connectivity index (χ1) is 9.89. The number of thiophene rings is 1. The molecule has 1 amide bonds. The summed E-state index contributed by atoms with van der Waals surface area (Å²) in [7, 11) is 0. The minimum atomic E-state index is -0.322. The minimum absolute atomic E-state index is 0.0406. The van der Waals surface area contributed by atoms with Crippen molar-refractivity contribution in [2.75, 3.05) is 25.4 Å². The van der Waals surface area contributed by atoms with Crippen LogP contribution in [0, 0.1) is 0 Å². The Morgan fingerprint density at radius 2 is 2.24 bits per heavy atom. The molecule has 0 bridgehead atoms. The van der Waals surface area contributed by atoms with E-state index in [9.17, 15) is 4.79 Å². The molecule has 1 fully saturated rings. The minimum Gasteiger partial charge on any atom is -0.397 e. The Kier molecular flexibility index (Phi) is 3.59. The van der Waals surface area contributed by atoms with Crippen LogP contribution in [0.1, 0.15) is 23.5 Å². The number of anilines is 1. The van der Waals surface area contributed by atoms with Crippen molar-refractivity contribution in [2.24, 2.45) is 0 Å². The summed E-state index contributed by atoms with van der Waals surface area (Å²) < 4.78 is 6.59. The number of rotatable bonds is 1. The van der Waals surface area contributed by atoms with Gasteiger partial charge in [-0.05, 0) is 26.0 Å². The van der Waals surface area contributed by atoms with Crippen LogP contribution < -0.4 is 5.73 Å². The first kappa shape index (κ1) is 14.6. The third kappa shape index (κ3) is 2.61. The number of carbonyl (C=O) groups excluding carboxylic acids is 1. The number of nitrogen functional groups attached to an aromatic ring is 1. The molecule has 1 aliphatic heterocycles. The van der Waals surface area contributed by atoms with Crippen LogP contribution in [0.4, 0.5) is 5.69 Å². The number of halogens is 1. The van der Waals surface area contributed by atoms with Crippen LogP contribution >= 0.6 is 22.9 Å². The fourth-order valence-electron chi connectivity index (χ4n) is 2.62. The lowest BCUT2D eigenvalue weighted by Crippen LogP contribution is -2.50. The number of morpholine rings is 1. The van der Waals surface area contributed by atoms with Gasteiger partial charge in [0.05, 0.1) is 22.9 Å². The maximum Gasteiger partial charge on any atom is 0.266 e. The van der Waals surface area contributed by atoms with Crippen molar-refractivity contribution in [2.45, 2.75) is 19.4 Å². The smallest absolute Gasteiger partial charge is 0.266 e. The Morgan fingerprint density at radius 1 is 1.48 bits per heavy atom. The molecule has 1 saturated heterocycles. The molecule has 112 valence electrons. The molecule has 0 atom stereocenters. The lowest BCUT2D eigenvalue weighted by molar-refractivity contribution is -0.0762. The number of hydrogen-bond acceptors (Lipinski definition) is 4. The van der Waals surface area contributed by atoms with Gasteiger partial charge in [0.1, 0.15) is 4.88 Å². The quantitative estimate of drug-likeness (QED) is 0.874. The first-order valence-corrected chi connectivity index (χ1v) is 7.98. The maximum atomic E-state index is 12.7. The average molecular weight is 325 g/mol. The highest BCUT2D eigenvalue weighted by Crippen LogP contribution is 2.38. The highest BCUT2D eigenvalue weighted by Gasteiger charge is 2.32. The van der Waals surface area contributed by atoms with Crippen LogP contribution in [-0.4, -0.2) is 36.1 Å². The van der Waals surface area contributed by atoms with Gasteiger partial charge in [0.25, 0.3) is 5.91 Å². The second-order valence-electron chi connectivity index (χ2n) is 5.79. The summed E-state index contributed by atoms with van der Waals surface area (Å²) in [6, 6.07) is 5.59. The summed E-state index contributed by atoms with van der Waals surface area (Å²) >= 11 is 7.59. The van der Waals surface area contributed by atoms with Gasteiger partial charge in [-0.1, -0.05) is 17.7 Å². The predicted octanol–water partition coefficient (Wildman–Crippen LogP) is 3.39. The van der Waals surface area contributed by atoms with Crippen molar-refractivity contribution >= 4 is 44.6 Å². The lowest BCUT2D eigenvalue weighted by Gasteiger charge is -2.38. The van der Waals surface area contributed by atoms with E-state index in [4.69, 9.17) is 22.1 Å². The summed E-state index contributed by atoms with van der Waals surface area (Å²) in [5, 5.41) is 1.36. The molecule has 6 heteroatoms. The van der Waals surface area contributed by atoms with Crippen LogP contribution in [0.25, 0.3) is 10.1 Å². The molecule has 21 heavy (non-hydrogen) atoms. The number of hydrogen-bond donors (Lipinski definition) is 1. The number of nitrogens with two attached hydrogens (primary N) is 1. The van der Waals surface area contributed by atoms with E-state index in [0.717, 1.165) is 10.1 Å². The van der Waals surface area contributed by atoms with Gasteiger partial charge in [0, 0.05) is 23.2 Å². The molecule has 4 nitrogen and oxygen atoms in total. The van der Waals surface area contributed by atoms with Gasteiger partial charge in [-0.25, -0.2) is 0 Å². The van der Waals surface area contributed by atoms with E-state index in [1.165, 1.54) is 11.3 Å². The van der Waals surface area contributed by atoms with E-state index in [1.807, 2.05) is 26.0 Å². The zero-order valence-electron chi connectivity index (χ0n) is 12.0. The van der Waals surface area contributed by atoms with Crippen molar-refractivity contribution in [1.82, 2.24) is 4.90 Å². The van der Waals surface area contributed by atoms with Gasteiger partial charge in [-0.15, -0.1) is 11.3 Å². The molecule has 0 aliphatic carbocycles. The molecule has 2 aromatic rings. The summed E-state index contributed by atoms with van der Waals surface area (Å²) in [6.45, 7) is 5.66. The summed E-state index contributed by atoms with van der Waals surface area (Å²) in [5.41, 5.74) is 6.32. The standard InChI is InChI=1S/C15H17ClN2O2S/c1-15(2)8-18(6-7-20-15)14(19)13-12(17)11-9(16)4-3-5-10(11)21-13/h3-5H,6-8,17H2,1-2H3. The van der Waals surface area contributed by atoms with Crippen LogP contribution in [0.5, 0.6) is 0 Å². The average Bonchev–Trinajstić information content (AvgIpc) is 2.75. The first-order valence-electron chi connectivity index (χ1n) is 6.79. The van der Waals surface area contributed by atoms with E-state index >= 15 is 0 Å². The molecule has 2 heterocycles. The number of benzene rings is 1. The molecule has 1 aromatic carbocycles. The van der Waals surface area contributed by atoms with Crippen molar-refractivity contribution in [3.8, 4) is 0 Å². The van der Waals surface area contributed by atoms with E-state index in [0.29, 0.717) is 35.3 Å². The Balaban J connectivity index is 1.99. The maximum absolute atomic E-state index is 12.7. The van der Waals surface area contributed by atoms with Gasteiger partial charge in [-0.2, -0.15) is 0 Å². The fourth-order valence-corrected chi connectivity index (χ4v) is 4.07. The van der Waals surface area contributed by atoms with Crippen LogP contribution in [-0.2, 0) is 4.74 Å².